The number of anilines is 1. The van der Waals surface area contributed by atoms with Crippen molar-refractivity contribution in [2.75, 3.05) is 39.6 Å². The molecule has 1 amide bonds. The fraction of sp³-hybridized carbons (Fsp3) is 0.316. The van der Waals surface area contributed by atoms with Crippen LogP contribution in [0.4, 0.5) is 15.8 Å². The molecule has 2 aromatic carbocycles. The van der Waals surface area contributed by atoms with Crippen LogP contribution in [-0.4, -0.2) is 50.5 Å². The molecule has 0 fully saturated rings. The van der Waals surface area contributed by atoms with E-state index < -0.39 is 10.8 Å². The molecule has 0 radical (unpaired) electrons. The lowest BCUT2D eigenvalue weighted by atomic mass is 10.1. The monoisotopic (exact) mass is 374 g/mol. The lowest BCUT2D eigenvalue weighted by Gasteiger charge is -2.25. The highest BCUT2D eigenvalue weighted by Crippen LogP contribution is 2.27. The maximum Gasteiger partial charge on any atom is 0.293 e. The van der Waals surface area contributed by atoms with Crippen LogP contribution in [0.15, 0.2) is 42.5 Å². The Morgan fingerprint density at radius 2 is 1.89 bits per heavy atom. The highest BCUT2D eigenvalue weighted by Gasteiger charge is 2.20. The van der Waals surface area contributed by atoms with Crippen LogP contribution >= 0.6 is 0 Å². The number of carbonyl (C=O) groups is 1. The van der Waals surface area contributed by atoms with Crippen molar-refractivity contribution in [2.45, 2.75) is 6.04 Å². The van der Waals surface area contributed by atoms with Crippen LogP contribution in [0.1, 0.15) is 22.0 Å². The van der Waals surface area contributed by atoms with Crippen LogP contribution in [0.25, 0.3) is 0 Å². The van der Waals surface area contributed by atoms with Crippen LogP contribution in [0, 0.1) is 15.9 Å². The van der Waals surface area contributed by atoms with Gasteiger partial charge < -0.3 is 15.1 Å². The second kappa shape index (κ2) is 8.59. The van der Waals surface area contributed by atoms with Crippen LogP contribution < -0.4 is 10.2 Å². The summed E-state index contributed by atoms with van der Waals surface area (Å²) in [6, 6.07) is 10.3. The molecule has 0 saturated heterocycles. The van der Waals surface area contributed by atoms with Crippen molar-refractivity contribution < 1.29 is 14.1 Å². The van der Waals surface area contributed by atoms with Gasteiger partial charge in [0.25, 0.3) is 11.6 Å². The van der Waals surface area contributed by atoms with E-state index in [1.807, 2.05) is 19.0 Å². The molecule has 0 aliphatic carbocycles. The van der Waals surface area contributed by atoms with E-state index in [9.17, 15) is 19.3 Å². The Balaban J connectivity index is 2.18. The summed E-state index contributed by atoms with van der Waals surface area (Å²) < 4.78 is 13.5. The van der Waals surface area contributed by atoms with E-state index in [2.05, 4.69) is 5.32 Å². The molecule has 144 valence electrons. The molecule has 0 bridgehead atoms. The van der Waals surface area contributed by atoms with Gasteiger partial charge in [-0.15, -0.1) is 0 Å². The predicted octanol–water partition coefficient (Wildman–Crippen LogP) is 2.83. The molecule has 0 aliphatic heterocycles. The summed E-state index contributed by atoms with van der Waals surface area (Å²) in [5.41, 5.74) is 1.21. The zero-order chi connectivity index (χ0) is 20.1. The molecule has 2 aromatic rings. The molecule has 1 atom stereocenters. The third kappa shape index (κ3) is 5.01. The zero-order valence-corrected chi connectivity index (χ0v) is 15.8. The Bertz CT molecular complexity index is 839. The molecule has 0 heterocycles. The molecule has 0 aliphatic rings. The van der Waals surface area contributed by atoms with Crippen molar-refractivity contribution in [1.82, 2.24) is 10.2 Å². The van der Waals surface area contributed by atoms with E-state index in [0.29, 0.717) is 5.69 Å². The molecule has 2 rings (SSSR count). The van der Waals surface area contributed by atoms with Gasteiger partial charge in [-0.05, 0) is 43.9 Å². The molecule has 8 heteroatoms. The molecule has 0 saturated carbocycles. The zero-order valence-electron chi connectivity index (χ0n) is 15.8. The second-order valence-electron chi connectivity index (χ2n) is 6.60. The number of nitro groups is 1. The Labute approximate surface area is 157 Å². The second-order valence-corrected chi connectivity index (χ2v) is 6.60. The SMILES string of the molecule is CN(C)c1ccc(C(=O)NCC(c2cccc(F)c2)N(C)C)cc1[N+](=O)[O-]. The number of amides is 1. The average Bonchev–Trinajstić information content (AvgIpc) is 2.60. The molecular weight excluding hydrogens is 351 g/mol. The average molecular weight is 374 g/mol. The first-order valence-corrected chi connectivity index (χ1v) is 8.36. The summed E-state index contributed by atoms with van der Waals surface area (Å²) in [6.45, 7) is 0.235. The predicted molar refractivity (Wildman–Crippen MR) is 103 cm³/mol. The van der Waals surface area contributed by atoms with Gasteiger partial charge in [0.2, 0.25) is 0 Å². The minimum atomic E-state index is -0.512. The van der Waals surface area contributed by atoms with Gasteiger partial charge in [-0.25, -0.2) is 4.39 Å². The summed E-state index contributed by atoms with van der Waals surface area (Å²) in [5, 5.41) is 14.1. The molecule has 0 aromatic heterocycles. The van der Waals surface area contributed by atoms with Crippen molar-refractivity contribution in [3.63, 3.8) is 0 Å². The fourth-order valence-electron chi connectivity index (χ4n) is 2.79. The number of halogens is 1. The van der Waals surface area contributed by atoms with Gasteiger partial charge in [-0.3, -0.25) is 14.9 Å². The molecule has 7 nitrogen and oxygen atoms in total. The van der Waals surface area contributed by atoms with E-state index in [1.54, 1.807) is 43.3 Å². The number of carbonyl (C=O) groups excluding carboxylic acids is 1. The number of nitro benzene ring substituents is 1. The standard InChI is InChI=1S/C19H23FN4O3/c1-22(2)16-9-8-14(11-17(16)24(26)27)19(25)21-12-18(23(3)4)13-6-5-7-15(20)10-13/h5-11,18H,12H2,1-4H3,(H,21,25). The van der Waals surface area contributed by atoms with Gasteiger partial charge in [-0.2, -0.15) is 0 Å². The summed E-state index contributed by atoms with van der Waals surface area (Å²) >= 11 is 0. The Hall–Kier alpha value is -3.00. The smallest absolute Gasteiger partial charge is 0.293 e. The topological polar surface area (TPSA) is 78.7 Å². The Kier molecular flexibility index (Phi) is 6.46. The number of nitrogens with zero attached hydrogens (tertiary/aromatic N) is 3. The number of hydrogen-bond donors (Lipinski definition) is 1. The maximum absolute atomic E-state index is 13.5. The molecule has 0 spiro atoms. The number of hydrogen-bond acceptors (Lipinski definition) is 5. The summed E-state index contributed by atoms with van der Waals surface area (Å²) in [4.78, 5) is 26.7. The highest BCUT2D eigenvalue weighted by atomic mass is 19.1. The summed E-state index contributed by atoms with van der Waals surface area (Å²) in [6.07, 6.45) is 0. The largest absolute Gasteiger partial charge is 0.372 e. The Morgan fingerprint density at radius 1 is 1.19 bits per heavy atom. The fourth-order valence-corrected chi connectivity index (χ4v) is 2.79. The minimum Gasteiger partial charge on any atom is -0.372 e. The van der Waals surface area contributed by atoms with E-state index in [0.717, 1.165) is 5.56 Å². The first-order valence-electron chi connectivity index (χ1n) is 8.36. The van der Waals surface area contributed by atoms with Gasteiger partial charge in [0.1, 0.15) is 11.5 Å². The van der Waals surface area contributed by atoms with Gasteiger partial charge in [-0.1, -0.05) is 12.1 Å². The Morgan fingerprint density at radius 3 is 2.44 bits per heavy atom. The normalized spacial score (nSPS) is 11.9. The van der Waals surface area contributed by atoms with Crippen LogP contribution in [0.2, 0.25) is 0 Å². The lowest BCUT2D eigenvalue weighted by molar-refractivity contribution is -0.384. The molecule has 1 N–H and O–H groups in total. The van der Waals surface area contributed by atoms with Crippen molar-refractivity contribution in [3.8, 4) is 0 Å². The highest BCUT2D eigenvalue weighted by molar-refractivity contribution is 5.95. The van der Waals surface area contributed by atoms with E-state index in [1.165, 1.54) is 18.2 Å². The maximum atomic E-state index is 13.5. The number of likely N-dealkylation sites (N-methyl/N-ethyl adjacent to an activating group) is 1. The quantitative estimate of drug-likeness (QED) is 0.596. The van der Waals surface area contributed by atoms with E-state index in [-0.39, 0.29) is 29.7 Å². The molecule has 27 heavy (non-hydrogen) atoms. The van der Waals surface area contributed by atoms with E-state index >= 15 is 0 Å². The third-order valence-corrected chi connectivity index (χ3v) is 4.23. The lowest BCUT2D eigenvalue weighted by Crippen LogP contribution is -2.34. The summed E-state index contributed by atoms with van der Waals surface area (Å²) in [5.74, 6) is -0.771. The molecule has 1 unspecified atom stereocenters. The third-order valence-electron chi connectivity index (χ3n) is 4.23. The van der Waals surface area contributed by atoms with Crippen LogP contribution in [0.5, 0.6) is 0 Å². The van der Waals surface area contributed by atoms with Crippen molar-refractivity contribution >= 4 is 17.3 Å². The van der Waals surface area contributed by atoms with Gasteiger partial charge in [0.05, 0.1) is 11.0 Å². The number of nitrogens with one attached hydrogen (secondary N) is 1. The van der Waals surface area contributed by atoms with E-state index in [4.69, 9.17) is 0 Å². The number of benzene rings is 2. The first kappa shape index (κ1) is 20.3. The van der Waals surface area contributed by atoms with Gasteiger partial charge in [0.15, 0.2) is 0 Å². The van der Waals surface area contributed by atoms with Gasteiger partial charge in [0, 0.05) is 32.3 Å². The first-order chi connectivity index (χ1) is 12.7. The summed E-state index contributed by atoms with van der Waals surface area (Å²) in [7, 11) is 7.06. The van der Waals surface area contributed by atoms with Crippen LogP contribution in [0.3, 0.4) is 0 Å². The van der Waals surface area contributed by atoms with Crippen molar-refractivity contribution in [1.29, 1.82) is 0 Å². The van der Waals surface area contributed by atoms with Crippen LogP contribution in [-0.2, 0) is 0 Å². The minimum absolute atomic E-state index is 0.137. The van der Waals surface area contributed by atoms with Crippen molar-refractivity contribution in [3.05, 3.63) is 69.5 Å². The van der Waals surface area contributed by atoms with Gasteiger partial charge >= 0.3 is 0 Å². The molecular formula is C19H23FN4O3. The van der Waals surface area contributed by atoms with Crippen molar-refractivity contribution in [2.24, 2.45) is 0 Å². The number of rotatable bonds is 7.